The van der Waals surface area contributed by atoms with Gasteiger partial charge in [-0.15, -0.1) is 11.6 Å². The van der Waals surface area contributed by atoms with E-state index in [0.29, 0.717) is 18.7 Å². The van der Waals surface area contributed by atoms with Crippen molar-refractivity contribution >= 4 is 27.6 Å². The molecule has 0 heterocycles. The standard InChI is InChI=1S/C14H20ClNO4S/c1-20-14(17)12-16(11-13-7-3-2-4-8-13)21(18,19)10-6-5-9-15/h2-4,7-8H,5-6,9-12H2,1H3. The Bertz CT molecular complexity index is 533. The van der Waals surface area contributed by atoms with Gasteiger partial charge in [0.1, 0.15) is 6.54 Å². The number of nitrogens with zero attached hydrogens (tertiary/aromatic N) is 1. The van der Waals surface area contributed by atoms with Crippen molar-refractivity contribution in [3.8, 4) is 0 Å². The number of esters is 1. The first-order valence-electron chi connectivity index (χ1n) is 6.64. The Morgan fingerprint density at radius 2 is 1.90 bits per heavy atom. The number of rotatable bonds is 9. The van der Waals surface area contributed by atoms with E-state index in [1.165, 1.54) is 7.11 Å². The molecule has 0 fully saturated rings. The normalized spacial score (nSPS) is 11.6. The lowest BCUT2D eigenvalue weighted by Gasteiger charge is -2.21. The minimum atomic E-state index is -3.52. The van der Waals surface area contributed by atoms with Gasteiger partial charge in [0.15, 0.2) is 0 Å². The van der Waals surface area contributed by atoms with Crippen LogP contribution in [0.15, 0.2) is 30.3 Å². The molecule has 5 nitrogen and oxygen atoms in total. The Morgan fingerprint density at radius 1 is 1.24 bits per heavy atom. The molecule has 0 spiro atoms. The van der Waals surface area contributed by atoms with Crippen LogP contribution in [-0.2, 0) is 26.1 Å². The van der Waals surface area contributed by atoms with Crippen molar-refractivity contribution in [1.29, 1.82) is 0 Å². The van der Waals surface area contributed by atoms with E-state index >= 15 is 0 Å². The van der Waals surface area contributed by atoms with Gasteiger partial charge in [-0.05, 0) is 18.4 Å². The van der Waals surface area contributed by atoms with E-state index in [9.17, 15) is 13.2 Å². The summed E-state index contributed by atoms with van der Waals surface area (Å²) in [6.45, 7) is -0.131. The molecule has 0 aliphatic carbocycles. The Hall–Kier alpha value is -1.11. The molecule has 1 rings (SSSR count). The number of sulfonamides is 1. The SMILES string of the molecule is COC(=O)CN(Cc1ccccc1)S(=O)(=O)CCCCCl. The van der Waals surface area contributed by atoms with Crippen LogP contribution in [0.5, 0.6) is 0 Å². The number of carbonyl (C=O) groups is 1. The summed E-state index contributed by atoms with van der Waals surface area (Å²) >= 11 is 5.56. The summed E-state index contributed by atoms with van der Waals surface area (Å²) in [5.74, 6) is -0.179. The Kier molecular flexibility index (Phi) is 7.71. The maximum atomic E-state index is 12.3. The van der Waals surface area contributed by atoms with Crippen LogP contribution in [0.4, 0.5) is 0 Å². The molecule has 0 N–H and O–H groups in total. The van der Waals surface area contributed by atoms with Gasteiger partial charge >= 0.3 is 5.97 Å². The first kappa shape index (κ1) is 17.9. The molecular weight excluding hydrogens is 314 g/mol. The number of hydrogen-bond donors (Lipinski definition) is 0. The average molecular weight is 334 g/mol. The van der Waals surface area contributed by atoms with Crippen LogP contribution < -0.4 is 0 Å². The minimum absolute atomic E-state index is 0.0243. The van der Waals surface area contributed by atoms with Gasteiger partial charge in [0.25, 0.3) is 0 Å². The van der Waals surface area contributed by atoms with Crippen molar-refractivity contribution < 1.29 is 17.9 Å². The Labute approximate surface area is 130 Å². The molecule has 0 saturated heterocycles. The maximum absolute atomic E-state index is 12.3. The number of carbonyl (C=O) groups excluding carboxylic acids is 1. The van der Waals surface area contributed by atoms with Crippen LogP contribution in [0.2, 0.25) is 0 Å². The maximum Gasteiger partial charge on any atom is 0.321 e. The summed E-state index contributed by atoms with van der Waals surface area (Å²) in [6, 6.07) is 9.14. The lowest BCUT2D eigenvalue weighted by Crippen LogP contribution is -2.37. The van der Waals surface area contributed by atoms with Gasteiger partial charge in [-0.1, -0.05) is 30.3 Å². The monoisotopic (exact) mass is 333 g/mol. The third-order valence-electron chi connectivity index (χ3n) is 2.91. The summed E-state index contributed by atoms with van der Waals surface area (Å²) in [6.07, 6.45) is 1.09. The van der Waals surface area contributed by atoms with Gasteiger partial charge in [-0.25, -0.2) is 8.42 Å². The van der Waals surface area contributed by atoms with E-state index in [1.807, 2.05) is 30.3 Å². The van der Waals surface area contributed by atoms with Crippen LogP contribution >= 0.6 is 11.6 Å². The van der Waals surface area contributed by atoms with E-state index in [-0.39, 0.29) is 18.8 Å². The molecule has 0 radical (unpaired) electrons. The van der Waals surface area contributed by atoms with E-state index in [0.717, 1.165) is 9.87 Å². The molecule has 118 valence electrons. The highest BCUT2D eigenvalue weighted by atomic mass is 35.5. The molecule has 0 saturated carbocycles. The number of halogens is 1. The summed E-state index contributed by atoms with van der Waals surface area (Å²) in [7, 11) is -2.28. The fraction of sp³-hybridized carbons (Fsp3) is 0.500. The first-order chi connectivity index (χ1) is 9.99. The van der Waals surface area contributed by atoms with Gasteiger partial charge < -0.3 is 4.74 Å². The predicted molar refractivity (Wildman–Crippen MR) is 82.6 cm³/mol. The number of alkyl halides is 1. The highest BCUT2D eigenvalue weighted by Crippen LogP contribution is 2.12. The number of benzene rings is 1. The van der Waals surface area contributed by atoms with Gasteiger partial charge in [-0.2, -0.15) is 4.31 Å². The Balaban J connectivity index is 2.83. The van der Waals surface area contributed by atoms with Gasteiger partial charge in [-0.3, -0.25) is 4.79 Å². The molecular formula is C14H20ClNO4S. The quantitative estimate of drug-likeness (QED) is 0.394. The molecule has 1 aromatic rings. The third kappa shape index (κ3) is 6.46. The van der Waals surface area contributed by atoms with Gasteiger partial charge in [0.2, 0.25) is 10.0 Å². The molecule has 0 aliphatic heterocycles. The zero-order chi connectivity index (χ0) is 15.7. The van der Waals surface area contributed by atoms with Crippen LogP contribution in [-0.4, -0.2) is 44.0 Å². The number of methoxy groups -OCH3 is 1. The van der Waals surface area contributed by atoms with Crippen LogP contribution in [0.3, 0.4) is 0 Å². The second kappa shape index (κ2) is 9.02. The summed E-state index contributed by atoms with van der Waals surface area (Å²) in [4.78, 5) is 11.4. The van der Waals surface area contributed by atoms with Crippen molar-refractivity contribution in [3.63, 3.8) is 0 Å². The average Bonchev–Trinajstić information content (AvgIpc) is 2.47. The molecule has 0 unspecified atom stereocenters. The second-order valence-electron chi connectivity index (χ2n) is 4.54. The molecule has 7 heteroatoms. The highest BCUT2D eigenvalue weighted by Gasteiger charge is 2.24. The Morgan fingerprint density at radius 3 is 2.48 bits per heavy atom. The van der Waals surface area contributed by atoms with Crippen LogP contribution in [0, 0.1) is 0 Å². The largest absolute Gasteiger partial charge is 0.468 e. The van der Waals surface area contributed by atoms with Crippen molar-refractivity contribution in [2.75, 3.05) is 25.3 Å². The van der Waals surface area contributed by atoms with Gasteiger partial charge in [0.05, 0.1) is 12.9 Å². The fourth-order valence-electron chi connectivity index (χ4n) is 1.76. The number of unbranched alkanes of at least 4 members (excludes halogenated alkanes) is 1. The molecule has 0 aliphatic rings. The van der Waals surface area contributed by atoms with Crippen LogP contribution in [0.25, 0.3) is 0 Å². The summed E-state index contributed by atoms with van der Waals surface area (Å²) in [5, 5.41) is 0. The third-order valence-corrected chi connectivity index (χ3v) is 5.03. The van der Waals surface area contributed by atoms with Crippen molar-refractivity contribution in [2.24, 2.45) is 0 Å². The van der Waals surface area contributed by atoms with E-state index in [1.54, 1.807) is 0 Å². The first-order valence-corrected chi connectivity index (χ1v) is 8.78. The van der Waals surface area contributed by atoms with Gasteiger partial charge in [0, 0.05) is 12.4 Å². The molecule has 0 amide bonds. The molecule has 0 atom stereocenters. The fourth-order valence-corrected chi connectivity index (χ4v) is 3.42. The predicted octanol–water partition coefficient (Wildman–Crippen LogP) is 2.01. The number of hydrogen-bond acceptors (Lipinski definition) is 4. The summed E-state index contributed by atoms with van der Waals surface area (Å²) < 4.78 is 30.4. The number of ether oxygens (including phenoxy) is 1. The smallest absolute Gasteiger partial charge is 0.321 e. The molecule has 21 heavy (non-hydrogen) atoms. The van der Waals surface area contributed by atoms with Crippen molar-refractivity contribution in [3.05, 3.63) is 35.9 Å². The topological polar surface area (TPSA) is 63.7 Å². The lowest BCUT2D eigenvalue weighted by molar-refractivity contribution is -0.140. The van der Waals surface area contributed by atoms with E-state index < -0.39 is 16.0 Å². The second-order valence-corrected chi connectivity index (χ2v) is 7.01. The molecule has 1 aromatic carbocycles. The zero-order valence-electron chi connectivity index (χ0n) is 12.0. The van der Waals surface area contributed by atoms with E-state index in [4.69, 9.17) is 11.6 Å². The van der Waals surface area contributed by atoms with Crippen molar-refractivity contribution in [1.82, 2.24) is 4.31 Å². The van der Waals surface area contributed by atoms with Crippen LogP contribution in [0.1, 0.15) is 18.4 Å². The minimum Gasteiger partial charge on any atom is -0.468 e. The zero-order valence-corrected chi connectivity index (χ0v) is 13.6. The lowest BCUT2D eigenvalue weighted by atomic mass is 10.2. The van der Waals surface area contributed by atoms with Crippen molar-refractivity contribution in [2.45, 2.75) is 19.4 Å². The van der Waals surface area contributed by atoms with E-state index in [2.05, 4.69) is 4.74 Å². The summed E-state index contributed by atoms with van der Waals surface area (Å²) in [5.41, 5.74) is 0.822. The molecule has 0 bridgehead atoms. The highest BCUT2D eigenvalue weighted by molar-refractivity contribution is 7.89. The molecule has 0 aromatic heterocycles.